The van der Waals surface area contributed by atoms with Crippen LogP contribution in [0, 0.1) is 24.0 Å². The molecule has 2 aromatic rings. The van der Waals surface area contributed by atoms with Crippen molar-refractivity contribution in [1.82, 2.24) is 9.55 Å². The van der Waals surface area contributed by atoms with Crippen LogP contribution in [0.5, 0.6) is 0 Å². The summed E-state index contributed by atoms with van der Waals surface area (Å²) in [4.78, 5) is 14.7. The molecular weight excluding hydrogens is 254 g/mol. The second-order valence-corrected chi connectivity index (χ2v) is 4.51. The number of nitro benzene ring substituents is 1. The molecule has 0 aliphatic rings. The largest absolute Gasteiger partial charge is 0.330 e. The zero-order valence-corrected chi connectivity index (χ0v) is 10.8. The van der Waals surface area contributed by atoms with Crippen LogP contribution in [0.25, 0.3) is 0 Å². The van der Waals surface area contributed by atoms with Crippen LogP contribution in [0.2, 0.25) is 5.02 Å². The van der Waals surface area contributed by atoms with E-state index in [0.717, 1.165) is 11.4 Å². The number of rotatable bonds is 3. The van der Waals surface area contributed by atoms with Gasteiger partial charge in [0.1, 0.15) is 0 Å². The lowest BCUT2D eigenvalue weighted by Gasteiger charge is -2.06. The van der Waals surface area contributed by atoms with E-state index in [1.807, 2.05) is 18.4 Å². The molecule has 0 aliphatic carbocycles. The van der Waals surface area contributed by atoms with Gasteiger partial charge in [0.2, 0.25) is 0 Å². The molecule has 0 bridgehead atoms. The molecule has 0 N–H and O–H groups in total. The van der Waals surface area contributed by atoms with Crippen molar-refractivity contribution in [2.45, 2.75) is 20.4 Å². The van der Waals surface area contributed by atoms with Gasteiger partial charge in [-0.25, -0.2) is 4.98 Å². The average Bonchev–Trinajstić information content (AvgIpc) is 2.63. The SMILES string of the molecule is Cc1ncn(Cc2ccc(Cl)cc2[N+](=O)[O-])c1C. The molecule has 1 aromatic carbocycles. The van der Waals surface area contributed by atoms with Crippen LogP contribution in [-0.4, -0.2) is 14.5 Å². The Kier molecular flexibility index (Phi) is 3.34. The zero-order chi connectivity index (χ0) is 13.3. The molecule has 0 saturated carbocycles. The number of benzene rings is 1. The van der Waals surface area contributed by atoms with Crippen LogP contribution in [-0.2, 0) is 6.54 Å². The van der Waals surface area contributed by atoms with E-state index in [-0.39, 0.29) is 5.69 Å². The molecule has 0 aliphatic heterocycles. The maximum absolute atomic E-state index is 11.0. The van der Waals surface area contributed by atoms with Crippen molar-refractivity contribution in [2.75, 3.05) is 0 Å². The Labute approximate surface area is 109 Å². The molecule has 5 nitrogen and oxygen atoms in total. The molecule has 0 atom stereocenters. The van der Waals surface area contributed by atoms with Crippen LogP contribution < -0.4 is 0 Å². The second kappa shape index (κ2) is 4.78. The molecule has 94 valence electrons. The van der Waals surface area contributed by atoms with Gasteiger partial charge < -0.3 is 4.57 Å². The van der Waals surface area contributed by atoms with Crippen molar-refractivity contribution >= 4 is 17.3 Å². The number of nitro groups is 1. The summed E-state index contributed by atoms with van der Waals surface area (Å²) in [6.07, 6.45) is 1.68. The summed E-state index contributed by atoms with van der Waals surface area (Å²) in [7, 11) is 0. The molecule has 0 spiro atoms. The van der Waals surface area contributed by atoms with Crippen LogP contribution in [0.1, 0.15) is 17.0 Å². The van der Waals surface area contributed by atoms with Gasteiger partial charge in [-0.3, -0.25) is 10.1 Å². The second-order valence-electron chi connectivity index (χ2n) is 4.07. The molecule has 0 radical (unpaired) electrons. The molecular formula is C12H12ClN3O2. The molecule has 0 unspecified atom stereocenters. The maximum atomic E-state index is 11.0. The van der Waals surface area contributed by atoms with E-state index in [1.54, 1.807) is 18.5 Å². The first kappa shape index (κ1) is 12.6. The van der Waals surface area contributed by atoms with Crippen molar-refractivity contribution in [1.29, 1.82) is 0 Å². The fourth-order valence-corrected chi connectivity index (χ4v) is 1.89. The predicted molar refractivity (Wildman–Crippen MR) is 68.9 cm³/mol. The Balaban J connectivity index is 2.40. The highest BCUT2D eigenvalue weighted by molar-refractivity contribution is 6.30. The van der Waals surface area contributed by atoms with E-state index >= 15 is 0 Å². The Morgan fingerprint density at radius 3 is 2.72 bits per heavy atom. The number of hydrogen-bond donors (Lipinski definition) is 0. The number of nitrogens with zero attached hydrogens (tertiary/aromatic N) is 3. The average molecular weight is 266 g/mol. The highest BCUT2D eigenvalue weighted by atomic mass is 35.5. The van der Waals surface area contributed by atoms with Gasteiger partial charge in [-0.05, 0) is 26.0 Å². The van der Waals surface area contributed by atoms with E-state index in [1.165, 1.54) is 6.07 Å². The van der Waals surface area contributed by atoms with E-state index in [2.05, 4.69) is 4.98 Å². The first-order valence-electron chi connectivity index (χ1n) is 5.40. The van der Waals surface area contributed by atoms with Crippen molar-refractivity contribution in [3.05, 3.63) is 56.6 Å². The maximum Gasteiger partial charge on any atom is 0.275 e. The Bertz CT molecular complexity index is 607. The normalized spacial score (nSPS) is 10.6. The third-order valence-corrected chi connectivity index (χ3v) is 3.17. The van der Waals surface area contributed by atoms with Gasteiger partial charge in [-0.15, -0.1) is 0 Å². The summed E-state index contributed by atoms with van der Waals surface area (Å²) >= 11 is 5.78. The van der Waals surface area contributed by atoms with E-state index in [4.69, 9.17) is 11.6 Å². The summed E-state index contributed by atoms with van der Waals surface area (Å²) in [6.45, 7) is 4.26. The van der Waals surface area contributed by atoms with E-state index in [0.29, 0.717) is 17.1 Å². The minimum atomic E-state index is -0.416. The molecule has 0 amide bonds. The van der Waals surface area contributed by atoms with Crippen LogP contribution >= 0.6 is 11.6 Å². The number of halogens is 1. The monoisotopic (exact) mass is 265 g/mol. The third kappa shape index (κ3) is 2.36. The Morgan fingerprint density at radius 2 is 2.17 bits per heavy atom. The Hall–Kier alpha value is -1.88. The van der Waals surface area contributed by atoms with E-state index in [9.17, 15) is 10.1 Å². The molecule has 1 heterocycles. The highest BCUT2D eigenvalue weighted by Crippen LogP contribution is 2.24. The summed E-state index contributed by atoms with van der Waals surface area (Å²) in [6, 6.07) is 4.70. The highest BCUT2D eigenvalue weighted by Gasteiger charge is 2.15. The summed E-state index contributed by atoms with van der Waals surface area (Å²) < 4.78 is 1.88. The quantitative estimate of drug-likeness (QED) is 0.633. The lowest BCUT2D eigenvalue weighted by Crippen LogP contribution is -2.04. The topological polar surface area (TPSA) is 61.0 Å². The van der Waals surface area contributed by atoms with Crippen molar-refractivity contribution in [2.24, 2.45) is 0 Å². The molecule has 18 heavy (non-hydrogen) atoms. The molecule has 2 rings (SSSR count). The summed E-state index contributed by atoms with van der Waals surface area (Å²) in [5, 5.41) is 11.3. The fraction of sp³-hybridized carbons (Fsp3) is 0.250. The number of aryl methyl sites for hydroxylation is 1. The van der Waals surface area contributed by atoms with Gasteiger partial charge in [0, 0.05) is 22.3 Å². The third-order valence-electron chi connectivity index (χ3n) is 2.93. The lowest BCUT2D eigenvalue weighted by molar-refractivity contribution is -0.385. The van der Waals surface area contributed by atoms with Crippen molar-refractivity contribution in [3.63, 3.8) is 0 Å². The molecule has 1 aromatic heterocycles. The first-order chi connectivity index (χ1) is 8.49. The minimum Gasteiger partial charge on any atom is -0.330 e. The molecule has 0 saturated heterocycles. The number of hydrogen-bond acceptors (Lipinski definition) is 3. The van der Waals surface area contributed by atoms with Gasteiger partial charge in [0.15, 0.2) is 0 Å². The predicted octanol–water partition coefficient (Wildman–Crippen LogP) is 3.11. The van der Waals surface area contributed by atoms with Gasteiger partial charge in [-0.1, -0.05) is 11.6 Å². The first-order valence-corrected chi connectivity index (χ1v) is 5.78. The fourth-order valence-electron chi connectivity index (χ4n) is 1.73. The lowest BCUT2D eigenvalue weighted by atomic mass is 10.2. The minimum absolute atomic E-state index is 0.0354. The summed E-state index contributed by atoms with van der Waals surface area (Å²) in [5.74, 6) is 0. The summed E-state index contributed by atoms with van der Waals surface area (Å²) in [5.41, 5.74) is 2.57. The standard InChI is InChI=1S/C12H12ClN3O2/c1-8-9(2)15(7-14-8)6-10-3-4-11(13)5-12(10)16(17)18/h3-5,7H,6H2,1-2H3. The molecule has 6 heteroatoms. The van der Waals surface area contributed by atoms with Crippen molar-refractivity contribution in [3.8, 4) is 0 Å². The van der Waals surface area contributed by atoms with Gasteiger partial charge in [0.25, 0.3) is 5.69 Å². The van der Waals surface area contributed by atoms with Crippen molar-refractivity contribution < 1.29 is 4.92 Å². The number of aromatic nitrogens is 2. The number of imidazole rings is 1. The Morgan fingerprint density at radius 1 is 1.44 bits per heavy atom. The van der Waals surface area contributed by atoms with Crippen LogP contribution in [0.15, 0.2) is 24.5 Å². The van der Waals surface area contributed by atoms with Crippen LogP contribution in [0.4, 0.5) is 5.69 Å². The van der Waals surface area contributed by atoms with Gasteiger partial charge in [-0.2, -0.15) is 0 Å². The van der Waals surface area contributed by atoms with E-state index < -0.39 is 4.92 Å². The van der Waals surface area contributed by atoms with Gasteiger partial charge in [0.05, 0.1) is 23.5 Å². The smallest absolute Gasteiger partial charge is 0.275 e. The van der Waals surface area contributed by atoms with Crippen LogP contribution in [0.3, 0.4) is 0 Å². The van der Waals surface area contributed by atoms with Gasteiger partial charge >= 0.3 is 0 Å². The molecule has 0 fully saturated rings. The zero-order valence-electron chi connectivity index (χ0n) is 10.1.